The molecule has 5 amide bonds. The Hall–Kier alpha value is -5.58. The van der Waals surface area contributed by atoms with E-state index in [1.54, 1.807) is 48.5 Å². The van der Waals surface area contributed by atoms with Crippen molar-refractivity contribution < 1.29 is 28.4 Å². The Kier molecular flexibility index (Phi) is 9.98. The number of carbonyl (C=O) groups excluding carboxylic acids is 5. The maximum atomic E-state index is 16.2. The first kappa shape index (κ1) is 39.5. The smallest absolute Gasteiger partial charge is 0.255 e. The molecule has 5 heterocycles. The van der Waals surface area contributed by atoms with Gasteiger partial charge < -0.3 is 20.9 Å². The van der Waals surface area contributed by atoms with Gasteiger partial charge in [-0.2, -0.15) is 0 Å². The summed E-state index contributed by atoms with van der Waals surface area (Å²) in [7, 11) is 0. The van der Waals surface area contributed by atoms with Crippen LogP contribution in [0.5, 0.6) is 0 Å². The summed E-state index contributed by atoms with van der Waals surface area (Å²) in [5.74, 6) is 4.07. The van der Waals surface area contributed by atoms with Gasteiger partial charge in [0.05, 0.1) is 5.02 Å². The molecule has 0 aromatic heterocycles. The van der Waals surface area contributed by atoms with Gasteiger partial charge >= 0.3 is 0 Å². The molecule has 0 bridgehead atoms. The Labute approximate surface area is 361 Å². The van der Waals surface area contributed by atoms with Gasteiger partial charge in [-0.15, -0.1) is 0 Å². The van der Waals surface area contributed by atoms with E-state index in [0.717, 1.165) is 29.5 Å². The van der Waals surface area contributed by atoms with Crippen LogP contribution in [0.25, 0.3) is 0 Å². The third kappa shape index (κ3) is 6.70. The van der Waals surface area contributed by atoms with Gasteiger partial charge in [0.25, 0.3) is 11.8 Å². The molecule has 4 aromatic rings. The van der Waals surface area contributed by atoms with Crippen molar-refractivity contribution in [1.82, 2.24) is 25.8 Å². The van der Waals surface area contributed by atoms with E-state index in [4.69, 9.17) is 23.2 Å². The van der Waals surface area contributed by atoms with Crippen LogP contribution in [-0.4, -0.2) is 70.6 Å². The number of benzene rings is 4. The van der Waals surface area contributed by atoms with E-state index < -0.39 is 29.2 Å². The van der Waals surface area contributed by atoms with E-state index >= 15 is 4.39 Å². The monoisotopic (exact) mass is 858 g/mol. The second kappa shape index (κ2) is 15.4. The number of nitrogens with one attached hydrogen (secondary N) is 4. The molecule has 4 aromatic carbocycles. The summed E-state index contributed by atoms with van der Waals surface area (Å²) in [4.78, 5) is 68.8. The molecule has 4 N–H and O–H groups in total. The van der Waals surface area contributed by atoms with Crippen LogP contribution in [0.3, 0.4) is 0 Å². The quantitative estimate of drug-likeness (QED) is 0.0942. The van der Waals surface area contributed by atoms with Crippen LogP contribution in [0.2, 0.25) is 10.0 Å². The topological polar surface area (TPSA) is 140 Å². The highest BCUT2D eigenvalue weighted by Crippen LogP contribution is 2.61. The maximum absolute atomic E-state index is 16.2. The van der Waals surface area contributed by atoms with E-state index in [9.17, 15) is 24.0 Å². The summed E-state index contributed by atoms with van der Waals surface area (Å²) in [5, 5.41) is 12.7. The first-order chi connectivity index (χ1) is 29.5. The number of rotatable bonds is 8. The van der Waals surface area contributed by atoms with E-state index in [1.807, 2.05) is 24.3 Å². The standard InChI is InChI=1S/C47H41Cl2FN6O5/c48-29-16-17-33-36(21-29)53-46(61)47(33)40(31-8-4-9-34(49)41(31)50)42-38(56(47)23-25-10-11-25)22-35(52-42)27-12-14-28(15-13-27)43(58)51-20-2-1-5-26-6-3-7-30-32(26)24-55(45(30)60)37-18-19-39(57)54-44(37)59/h3-4,6-9,12-17,21,25,35,37-38,40,42,52H,2,10-11,18-20,22-24H2,(H,51,58)(H,53,61)(H,54,57,59)/t35-,37?,38+,40+,42?,47-/m1/s1. The zero-order valence-electron chi connectivity index (χ0n) is 32.9. The van der Waals surface area contributed by atoms with Gasteiger partial charge in [0.15, 0.2) is 0 Å². The summed E-state index contributed by atoms with van der Waals surface area (Å²) in [6, 6.07) is 22.0. The van der Waals surface area contributed by atoms with Crippen LogP contribution in [0.1, 0.15) is 99.0 Å². The number of fused-ring (bicyclic) bond motifs is 4. The molecule has 1 spiro atoms. The predicted octanol–water partition coefficient (Wildman–Crippen LogP) is 6.19. The van der Waals surface area contributed by atoms with E-state index in [2.05, 4.69) is 38.0 Å². The number of piperidine rings is 1. The lowest BCUT2D eigenvalue weighted by Crippen LogP contribution is -2.53. The fraction of sp³-hybridized carbons (Fsp3) is 0.340. The zero-order chi connectivity index (χ0) is 42.2. The Morgan fingerprint density at radius 2 is 1.75 bits per heavy atom. The molecule has 10 rings (SSSR count). The summed E-state index contributed by atoms with van der Waals surface area (Å²) in [6.07, 6.45) is 3.66. The lowest BCUT2D eigenvalue weighted by atomic mass is 9.73. The van der Waals surface area contributed by atoms with E-state index in [0.29, 0.717) is 64.8 Å². The zero-order valence-corrected chi connectivity index (χ0v) is 34.4. The van der Waals surface area contributed by atoms with Crippen molar-refractivity contribution in [3.63, 3.8) is 0 Å². The van der Waals surface area contributed by atoms with Crippen LogP contribution < -0.4 is 21.3 Å². The highest BCUT2D eigenvalue weighted by molar-refractivity contribution is 6.31. The minimum absolute atomic E-state index is 0.00664. The van der Waals surface area contributed by atoms with Crippen molar-refractivity contribution in [3.05, 3.63) is 134 Å². The molecule has 2 unspecified atom stereocenters. The average molecular weight is 860 g/mol. The largest absolute Gasteiger partial charge is 0.351 e. The number of halogens is 3. The van der Waals surface area contributed by atoms with Crippen molar-refractivity contribution >= 4 is 58.4 Å². The van der Waals surface area contributed by atoms with Gasteiger partial charge in [0, 0.05) is 89.5 Å². The van der Waals surface area contributed by atoms with Gasteiger partial charge in [0.1, 0.15) is 17.4 Å². The number of hydrogen-bond acceptors (Lipinski definition) is 7. The highest BCUT2D eigenvalue weighted by Gasteiger charge is 2.69. The van der Waals surface area contributed by atoms with Crippen molar-refractivity contribution in [2.45, 2.75) is 80.7 Å². The molecule has 310 valence electrons. The van der Waals surface area contributed by atoms with Crippen LogP contribution in [0.15, 0.2) is 78.9 Å². The molecule has 0 radical (unpaired) electrons. The molecule has 6 aliphatic rings. The minimum Gasteiger partial charge on any atom is -0.351 e. The summed E-state index contributed by atoms with van der Waals surface area (Å²) in [5.41, 5.74) is 4.05. The first-order valence-corrected chi connectivity index (χ1v) is 21.5. The molecule has 61 heavy (non-hydrogen) atoms. The Bertz CT molecular complexity index is 2610. The Morgan fingerprint density at radius 1 is 0.951 bits per heavy atom. The lowest BCUT2D eigenvalue weighted by Gasteiger charge is -2.41. The number of hydrogen-bond donors (Lipinski definition) is 4. The average Bonchev–Trinajstić information content (AvgIpc) is 3.65. The van der Waals surface area contributed by atoms with Crippen molar-refractivity contribution in [1.29, 1.82) is 0 Å². The predicted molar refractivity (Wildman–Crippen MR) is 226 cm³/mol. The van der Waals surface area contributed by atoms with Gasteiger partial charge in [0.2, 0.25) is 17.7 Å². The van der Waals surface area contributed by atoms with Crippen molar-refractivity contribution in [2.75, 3.05) is 18.4 Å². The normalized spacial score (nSPS) is 26.4. The molecule has 14 heteroatoms. The second-order valence-corrected chi connectivity index (χ2v) is 17.7. The fourth-order valence-corrected chi connectivity index (χ4v) is 10.7. The highest BCUT2D eigenvalue weighted by atomic mass is 35.5. The Balaban J connectivity index is 0.828. The van der Waals surface area contributed by atoms with Crippen molar-refractivity contribution in [2.24, 2.45) is 5.92 Å². The third-order valence-electron chi connectivity index (χ3n) is 13.3. The molecule has 3 saturated heterocycles. The number of carbonyl (C=O) groups is 5. The van der Waals surface area contributed by atoms with Crippen LogP contribution in [-0.2, 0) is 26.5 Å². The third-order valence-corrected chi connectivity index (χ3v) is 13.8. The molecule has 1 saturated carbocycles. The van der Waals surface area contributed by atoms with E-state index in [1.165, 1.54) is 11.0 Å². The van der Waals surface area contributed by atoms with Gasteiger partial charge in [-0.25, -0.2) is 4.39 Å². The maximum Gasteiger partial charge on any atom is 0.255 e. The lowest BCUT2D eigenvalue weighted by molar-refractivity contribution is -0.137. The first-order valence-electron chi connectivity index (χ1n) is 20.7. The minimum atomic E-state index is -1.17. The molecular weight excluding hydrogens is 818 g/mol. The summed E-state index contributed by atoms with van der Waals surface area (Å²) < 4.78 is 16.2. The van der Waals surface area contributed by atoms with Gasteiger partial charge in [-0.05, 0) is 90.8 Å². The molecular formula is C47H41Cl2FN6O5. The molecule has 4 fully saturated rings. The van der Waals surface area contributed by atoms with Crippen molar-refractivity contribution in [3.8, 4) is 11.8 Å². The molecule has 1 aliphatic carbocycles. The number of amides is 5. The van der Waals surface area contributed by atoms with Crippen LogP contribution >= 0.6 is 23.2 Å². The summed E-state index contributed by atoms with van der Waals surface area (Å²) >= 11 is 12.8. The summed E-state index contributed by atoms with van der Waals surface area (Å²) in [6.45, 7) is 1.24. The number of imide groups is 1. The molecule has 5 aliphatic heterocycles. The fourth-order valence-electron chi connectivity index (χ4n) is 10.4. The number of likely N-dealkylation sites (tertiary alicyclic amines) is 1. The molecule has 11 nitrogen and oxygen atoms in total. The van der Waals surface area contributed by atoms with Crippen LogP contribution in [0.4, 0.5) is 10.1 Å². The molecule has 6 atom stereocenters. The SMILES string of the molecule is O=C1CCC(N2Cc3c(C#CCCNC(=O)c4ccc([C@H]5C[C@H]6C(N5)[C@H](c5cccc(Cl)c5F)[C@]5(C(=O)Nc7cc(Cl)ccc75)N6CC5CC5)cc4)cccc3C2=O)C(=O)N1. The second-order valence-electron chi connectivity index (χ2n) is 16.8. The van der Waals surface area contributed by atoms with Gasteiger partial charge in [-0.3, -0.25) is 34.2 Å². The van der Waals surface area contributed by atoms with E-state index in [-0.39, 0.29) is 66.2 Å². The van der Waals surface area contributed by atoms with Gasteiger partial charge in [-0.1, -0.05) is 71.4 Å². The number of anilines is 1. The van der Waals surface area contributed by atoms with Crippen LogP contribution in [0, 0.1) is 23.6 Å². The Morgan fingerprint density at radius 3 is 2.54 bits per heavy atom. The number of nitrogens with zero attached hydrogens (tertiary/aromatic N) is 2.